The van der Waals surface area contributed by atoms with Gasteiger partial charge in [-0.1, -0.05) is 13.8 Å². The Morgan fingerprint density at radius 1 is 1.16 bits per heavy atom. The first-order chi connectivity index (χ1) is 9.10. The lowest BCUT2D eigenvalue weighted by atomic mass is 9.73. The first-order valence-electron chi connectivity index (χ1n) is 7.99. The molecule has 0 amide bonds. The van der Waals surface area contributed by atoms with Crippen LogP contribution in [-0.4, -0.2) is 49.5 Å². The van der Waals surface area contributed by atoms with Crippen LogP contribution < -0.4 is 0 Å². The van der Waals surface area contributed by atoms with Crippen LogP contribution in [-0.2, 0) is 4.74 Å². The third-order valence-electron chi connectivity index (χ3n) is 5.22. The molecule has 0 bridgehead atoms. The third kappa shape index (κ3) is 4.17. The predicted molar refractivity (Wildman–Crippen MR) is 78.1 cm³/mol. The molecule has 0 aromatic rings. The minimum absolute atomic E-state index is 0.0875. The number of aliphatic hydroxyl groups is 1. The molecule has 4 atom stereocenters. The third-order valence-corrected chi connectivity index (χ3v) is 5.22. The van der Waals surface area contributed by atoms with Crippen LogP contribution in [0.25, 0.3) is 0 Å². The topological polar surface area (TPSA) is 32.7 Å². The highest BCUT2D eigenvalue weighted by atomic mass is 16.5. The fourth-order valence-corrected chi connectivity index (χ4v) is 4.04. The van der Waals surface area contributed by atoms with Gasteiger partial charge in [-0.15, -0.1) is 0 Å². The van der Waals surface area contributed by atoms with Crippen molar-refractivity contribution < 1.29 is 9.84 Å². The molecule has 0 aromatic heterocycles. The lowest BCUT2D eigenvalue weighted by molar-refractivity contribution is -0.00940. The number of methoxy groups -OCH3 is 1. The molecule has 2 aliphatic rings. The zero-order valence-corrected chi connectivity index (χ0v) is 12.8. The van der Waals surface area contributed by atoms with Crippen LogP contribution in [0.2, 0.25) is 0 Å². The molecule has 1 saturated carbocycles. The maximum absolute atomic E-state index is 10.3. The molecule has 3 heteroatoms. The zero-order chi connectivity index (χ0) is 13.8. The van der Waals surface area contributed by atoms with E-state index in [0.29, 0.717) is 17.8 Å². The van der Waals surface area contributed by atoms with Crippen molar-refractivity contribution in [2.75, 3.05) is 33.4 Å². The molecule has 1 aliphatic heterocycles. The van der Waals surface area contributed by atoms with Crippen molar-refractivity contribution in [3.8, 4) is 0 Å². The van der Waals surface area contributed by atoms with Crippen molar-refractivity contribution in [3.05, 3.63) is 0 Å². The molecule has 2 fully saturated rings. The molecule has 0 spiro atoms. The van der Waals surface area contributed by atoms with E-state index in [0.717, 1.165) is 25.5 Å². The Hall–Kier alpha value is -0.120. The minimum Gasteiger partial charge on any atom is -0.393 e. The number of ether oxygens (including phenoxy) is 1. The lowest BCUT2D eigenvalue weighted by Crippen LogP contribution is -2.45. The van der Waals surface area contributed by atoms with E-state index >= 15 is 0 Å². The summed E-state index contributed by atoms with van der Waals surface area (Å²) in [4.78, 5) is 2.56. The number of likely N-dealkylation sites (tertiary alicyclic amines) is 1. The van der Waals surface area contributed by atoms with E-state index in [1.807, 2.05) is 0 Å². The standard InChI is InChI=1S/C16H31NO2/c1-12-8-13(2)15(16(18)9-12)10-17-6-4-14(5-7-17)11-19-3/h12-16,18H,4-11H2,1-3H3. The smallest absolute Gasteiger partial charge is 0.0585 e. The van der Waals surface area contributed by atoms with Gasteiger partial charge >= 0.3 is 0 Å². The van der Waals surface area contributed by atoms with Crippen LogP contribution in [0, 0.1) is 23.7 Å². The summed E-state index contributed by atoms with van der Waals surface area (Å²) in [5, 5.41) is 10.3. The molecule has 112 valence electrons. The summed E-state index contributed by atoms with van der Waals surface area (Å²) < 4.78 is 5.25. The Balaban J connectivity index is 1.78. The van der Waals surface area contributed by atoms with Gasteiger partial charge in [0.15, 0.2) is 0 Å². The summed E-state index contributed by atoms with van der Waals surface area (Å²) in [6, 6.07) is 0. The van der Waals surface area contributed by atoms with Crippen molar-refractivity contribution in [2.24, 2.45) is 23.7 Å². The highest BCUT2D eigenvalue weighted by Crippen LogP contribution is 2.34. The van der Waals surface area contributed by atoms with Crippen LogP contribution in [0.4, 0.5) is 0 Å². The maximum Gasteiger partial charge on any atom is 0.0585 e. The molecule has 0 radical (unpaired) electrons. The molecule has 1 N–H and O–H groups in total. The molecular formula is C16H31NO2. The van der Waals surface area contributed by atoms with Crippen molar-refractivity contribution in [3.63, 3.8) is 0 Å². The van der Waals surface area contributed by atoms with E-state index < -0.39 is 0 Å². The van der Waals surface area contributed by atoms with Gasteiger partial charge in [-0.3, -0.25) is 0 Å². The summed E-state index contributed by atoms with van der Waals surface area (Å²) >= 11 is 0. The van der Waals surface area contributed by atoms with Crippen LogP contribution in [0.1, 0.15) is 39.5 Å². The Morgan fingerprint density at radius 2 is 1.84 bits per heavy atom. The summed E-state index contributed by atoms with van der Waals surface area (Å²) in [7, 11) is 1.80. The zero-order valence-electron chi connectivity index (χ0n) is 12.8. The number of hydrogen-bond acceptors (Lipinski definition) is 3. The highest BCUT2D eigenvalue weighted by Gasteiger charge is 2.34. The van der Waals surface area contributed by atoms with Crippen LogP contribution in [0.3, 0.4) is 0 Å². The fraction of sp³-hybridized carbons (Fsp3) is 1.00. The van der Waals surface area contributed by atoms with Gasteiger partial charge < -0.3 is 14.7 Å². The molecule has 3 nitrogen and oxygen atoms in total. The number of aliphatic hydroxyl groups excluding tert-OH is 1. The van der Waals surface area contributed by atoms with Crippen LogP contribution in [0.15, 0.2) is 0 Å². The molecule has 19 heavy (non-hydrogen) atoms. The second kappa shape index (κ2) is 7.05. The van der Waals surface area contributed by atoms with Gasteiger partial charge in [0.2, 0.25) is 0 Å². The molecule has 4 unspecified atom stereocenters. The average molecular weight is 269 g/mol. The predicted octanol–water partition coefficient (Wildman–Crippen LogP) is 2.39. The monoisotopic (exact) mass is 269 g/mol. The second-order valence-corrected chi connectivity index (χ2v) is 6.98. The summed E-state index contributed by atoms with van der Waals surface area (Å²) in [6.07, 6.45) is 4.69. The van der Waals surface area contributed by atoms with Gasteiger partial charge in [0.25, 0.3) is 0 Å². The van der Waals surface area contributed by atoms with Gasteiger partial charge in [-0.25, -0.2) is 0 Å². The molecule has 1 heterocycles. The molecular weight excluding hydrogens is 238 g/mol. The second-order valence-electron chi connectivity index (χ2n) is 6.98. The highest BCUT2D eigenvalue weighted by molar-refractivity contribution is 4.86. The lowest BCUT2D eigenvalue weighted by Gasteiger charge is -2.41. The summed E-state index contributed by atoms with van der Waals surface area (Å²) in [5.74, 6) is 2.58. The van der Waals surface area contributed by atoms with E-state index in [2.05, 4.69) is 18.7 Å². The summed E-state index contributed by atoms with van der Waals surface area (Å²) in [6.45, 7) is 8.95. The van der Waals surface area contributed by atoms with E-state index in [1.54, 1.807) is 7.11 Å². The van der Waals surface area contributed by atoms with Gasteiger partial charge in [0, 0.05) is 26.2 Å². The Kier molecular flexibility index (Phi) is 5.67. The van der Waals surface area contributed by atoms with Crippen molar-refractivity contribution in [1.29, 1.82) is 0 Å². The van der Waals surface area contributed by atoms with Gasteiger partial charge in [0.05, 0.1) is 6.10 Å². The molecule has 2 rings (SSSR count). The van der Waals surface area contributed by atoms with E-state index in [1.165, 1.54) is 32.4 Å². The molecule has 1 aliphatic carbocycles. The average Bonchev–Trinajstić information content (AvgIpc) is 2.36. The van der Waals surface area contributed by atoms with Gasteiger partial charge in [-0.05, 0) is 56.5 Å². The number of rotatable bonds is 4. The summed E-state index contributed by atoms with van der Waals surface area (Å²) in [5.41, 5.74) is 0. The first kappa shape index (κ1) is 15.3. The van der Waals surface area contributed by atoms with Crippen molar-refractivity contribution >= 4 is 0 Å². The molecule has 0 aromatic carbocycles. The van der Waals surface area contributed by atoms with Crippen LogP contribution in [0.5, 0.6) is 0 Å². The number of nitrogens with zero attached hydrogens (tertiary/aromatic N) is 1. The SMILES string of the molecule is COCC1CCN(CC2C(C)CC(C)CC2O)CC1. The fourth-order valence-electron chi connectivity index (χ4n) is 4.04. The largest absolute Gasteiger partial charge is 0.393 e. The van der Waals surface area contributed by atoms with Crippen LogP contribution >= 0.6 is 0 Å². The van der Waals surface area contributed by atoms with E-state index in [9.17, 15) is 5.11 Å². The van der Waals surface area contributed by atoms with Gasteiger partial charge in [-0.2, -0.15) is 0 Å². The van der Waals surface area contributed by atoms with E-state index in [4.69, 9.17) is 4.74 Å². The van der Waals surface area contributed by atoms with Gasteiger partial charge in [0.1, 0.15) is 0 Å². The van der Waals surface area contributed by atoms with Crippen molar-refractivity contribution in [1.82, 2.24) is 4.90 Å². The number of hydrogen-bond donors (Lipinski definition) is 1. The Labute approximate surface area is 118 Å². The Morgan fingerprint density at radius 3 is 2.42 bits per heavy atom. The maximum atomic E-state index is 10.3. The van der Waals surface area contributed by atoms with E-state index in [-0.39, 0.29) is 6.10 Å². The number of piperidine rings is 1. The van der Waals surface area contributed by atoms with Crippen molar-refractivity contribution in [2.45, 2.75) is 45.6 Å². The molecule has 1 saturated heterocycles. The first-order valence-corrected chi connectivity index (χ1v) is 7.99. The Bertz CT molecular complexity index is 251. The minimum atomic E-state index is -0.0875. The normalized spacial score (nSPS) is 38.5. The quantitative estimate of drug-likeness (QED) is 0.850.